The van der Waals surface area contributed by atoms with Gasteiger partial charge in [-0.05, 0) is 44.4 Å². The molecule has 0 aliphatic heterocycles. The van der Waals surface area contributed by atoms with Crippen molar-refractivity contribution in [3.05, 3.63) is 77.3 Å². The summed E-state index contributed by atoms with van der Waals surface area (Å²) in [5.41, 5.74) is 2.29. The minimum atomic E-state index is -0.813. The van der Waals surface area contributed by atoms with Crippen LogP contribution in [-0.2, 0) is 0 Å². The number of aromatic nitrogens is 2. The molecule has 4 nitrogen and oxygen atoms in total. The predicted octanol–water partition coefficient (Wildman–Crippen LogP) is 5.66. The number of allylic oxidation sites excluding steroid dienone is 9. The Kier molecular flexibility index (Phi) is 10.2. The highest BCUT2D eigenvalue weighted by Gasteiger charge is 2.11. The van der Waals surface area contributed by atoms with Gasteiger partial charge in [0.15, 0.2) is 0 Å². The molecule has 0 aromatic carbocycles. The summed E-state index contributed by atoms with van der Waals surface area (Å²) in [5, 5.41) is 20.6. The fraction of sp³-hybridized carbons (Fsp3) is 0.286. The lowest BCUT2D eigenvalue weighted by atomic mass is 10.1. The summed E-state index contributed by atoms with van der Waals surface area (Å²) in [7, 11) is 0. The molecular formula is C21H27ClFN3O. The van der Waals surface area contributed by atoms with E-state index in [4.69, 9.17) is 11.6 Å². The fourth-order valence-corrected chi connectivity index (χ4v) is 2.39. The lowest BCUT2D eigenvalue weighted by Crippen LogP contribution is -2.15. The zero-order chi connectivity index (χ0) is 20.2. The third kappa shape index (κ3) is 7.41. The topological polar surface area (TPSA) is 60.9 Å². The number of anilines is 1. The Hall–Kier alpha value is -2.37. The second-order valence-corrected chi connectivity index (χ2v) is 6.08. The molecule has 1 aromatic heterocycles. The van der Waals surface area contributed by atoms with E-state index >= 15 is 0 Å². The van der Waals surface area contributed by atoms with Crippen molar-refractivity contribution in [3.8, 4) is 0 Å². The molecule has 0 aliphatic rings. The van der Waals surface area contributed by atoms with Crippen LogP contribution < -0.4 is 5.32 Å². The number of aromatic amines is 1. The van der Waals surface area contributed by atoms with Gasteiger partial charge in [-0.25, -0.2) is 4.39 Å². The number of halogens is 2. The molecule has 3 N–H and O–H groups in total. The van der Waals surface area contributed by atoms with Crippen molar-refractivity contribution in [3.63, 3.8) is 0 Å². The molecule has 0 saturated heterocycles. The monoisotopic (exact) mass is 391 g/mol. The Bertz CT molecular complexity index is 772. The van der Waals surface area contributed by atoms with Gasteiger partial charge < -0.3 is 10.4 Å². The van der Waals surface area contributed by atoms with Crippen molar-refractivity contribution in [1.82, 2.24) is 10.2 Å². The number of H-pyrrole nitrogens is 1. The minimum absolute atomic E-state index is 0.0215. The molecule has 1 unspecified atom stereocenters. The highest BCUT2D eigenvalue weighted by Crippen LogP contribution is 2.21. The quantitative estimate of drug-likeness (QED) is 0.451. The van der Waals surface area contributed by atoms with E-state index in [1.807, 2.05) is 31.2 Å². The average Bonchev–Trinajstić information content (AvgIpc) is 3.13. The van der Waals surface area contributed by atoms with Crippen LogP contribution in [0.25, 0.3) is 5.57 Å². The van der Waals surface area contributed by atoms with Crippen LogP contribution in [-0.4, -0.2) is 28.0 Å². The summed E-state index contributed by atoms with van der Waals surface area (Å²) in [6.45, 7) is 9.51. The van der Waals surface area contributed by atoms with Crippen LogP contribution in [0.5, 0.6) is 0 Å². The second-order valence-electron chi connectivity index (χ2n) is 5.67. The molecule has 1 atom stereocenters. The maximum atomic E-state index is 13.8. The second kappa shape index (κ2) is 12.1. The zero-order valence-electron chi connectivity index (χ0n) is 16.0. The Labute approximate surface area is 165 Å². The molecule has 6 heteroatoms. The van der Waals surface area contributed by atoms with E-state index in [0.29, 0.717) is 24.4 Å². The third-order valence-electron chi connectivity index (χ3n) is 3.75. The summed E-state index contributed by atoms with van der Waals surface area (Å²) in [6.07, 6.45) is 11.5. The van der Waals surface area contributed by atoms with Crippen LogP contribution in [0.3, 0.4) is 0 Å². The highest BCUT2D eigenvalue weighted by atomic mass is 35.5. The van der Waals surface area contributed by atoms with Crippen molar-refractivity contribution in [1.29, 1.82) is 0 Å². The molecule has 0 amide bonds. The van der Waals surface area contributed by atoms with Gasteiger partial charge in [0.25, 0.3) is 0 Å². The number of aliphatic hydroxyl groups excluding tert-OH is 1. The first-order valence-corrected chi connectivity index (χ1v) is 9.13. The van der Waals surface area contributed by atoms with E-state index in [1.54, 1.807) is 26.0 Å². The molecule has 1 heterocycles. The molecule has 0 bridgehead atoms. The minimum Gasteiger partial charge on any atom is -0.388 e. The SMILES string of the molecule is C=C/C=C(\C=C/C)c1cc(NCCC(O)C(/C=C(F)\C(Cl)=C/C)=C/C)n[nH]1. The first-order chi connectivity index (χ1) is 13.0. The fourth-order valence-electron chi connectivity index (χ4n) is 2.33. The first kappa shape index (κ1) is 22.7. The molecule has 0 radical (unpaired) electrons. The smallest absolute Gasteiger partial charge is 0.148 e. The van der Waals surface area contributed by atoms with Crippen LogP contribution in [0, 0.1) is 0 Å². The maximum Gasteiger partial charge on any atom is 0.148 e. The number of rotatable bonds is 10. The van der Waals surface area contributed by atoms with Gasteiger partial charge in [-0.1, -0.05) is 54.6 Å². The van der Waals surface area contributed by atoms with Gasteiger partial charge in [0, 0.05) is 12.6 Å². The maximum absolute atomic E-state index is 13.8. The predicted molar refractivity (Wildman–Crippen MR) is 113 cm³/mol. The summed E-state index contributed by atoms with van der Waals surface area (Å²) in [6, 6.07) is 1.88. The van der Waals surface area contributed by atoms with Gasteiger partial charge in [0.2, 0.25) is 0 Å². The van der Waals surface area contributed by atoms with Crippen molar-refractivity contribution >= 4 is 23.0 Å². The van der Waals surface area contributed by atoms with Crippen LogP contribution >= 0.6 is 11.6 Å². The summed E-state index contributed by atoms with van der Waals surface area (Å²) in [5.74, 6) is 0.0964. The van der Waals surface area contributed by atoms with E-state index in [9.17, 15) is 9.50 Å². The van der Waals surface area contributed by atoms with Gasteiger partial charge in [-0.2, -0.15) is 5.10 Å². The largest absolute Gasteiger partial charge is 0.388 e. The number of hydrogen-bond acceptors (Lipinski definition) is 3. The van der Waals surface area contributed by atoms with Crippen molar-refractivity contribution in [2.75, 3.05) is 11.9 Å². The van der Waals surface area contributed by atoms with Crippen molar-refractivity contribution in [2.24, 2.45) is 0 Å². The molecule has 0 fully saturated rings. The van der Waals surface area contributed by atoms with Crippen LogP contribution in [0.4, 0.5) is 10.2 Å². The Morgan fingerprint density at radius 1 is 1.41 bits per heavy atom. The Morgan fingerprint density at radius 2 is 2.15 bits per heavy atom. The summed E-state index contributed by atoms with van der Waals surface area (Å²) < 4.78 is 13.8. The van der Waals surface area contributed by atoms with Crippen molar-refractivity contribution in [2.45, 2.75) is 33.3 Å². The van der Waals surface area contributed by atoms with Gasteiger partial charge in [-0.15, -0.1) is 0 Å². The van der Waals surface area contributed by atoms with Gasteiger partial charge in [0.05, 0.1) is 16.8 Å². The molecule has 1 aromatic rings. The number of nitrogens with one attached hydrogen (secondary N) is 2. The first-order valence-electron chi connectivity index (χ1n) is 8.75. The summed E-state index contributed by atoms with van der Waals surface area (Å²) in [4.78, 5) is 0. The molecule has 0 aliphatic carbocycles. The molecule has 0 saturated carbocycles. The van der Waals surface area contributed by atoms with E-state index in [1.165, 1.54) is 12.2 Å². The molecule has 0 spiro atoms. The van der Waals surface area contributed by atoms with Gasteiger partial charge in [-0.3, -0.25) is 5.10 Å². The van der Waals surface area contributed by atoms with E-state index < -0.39 is 11.9 Å². The van der Waals surface area contributed by atoms with Crippen LogP contribution in [0.2, 0.25) is 0 Å². The molecule has 27 heavy (non-hydrogen) atoms. The third-order valence-corrected chi connectivity index (χ3v) is 4.15. The average molecular weight is 392 g/mol. The van der Waals surface area contributed by atoms with Gasteiger partial charge in [0.1, 0.15) is 11.6 Å². The van der Waals surface area contributed by atoms with Gasteiger partial charge >= 0.3 is 0 Å². The van der Waals surface area contributed by atoms with Crippen LogP contribution in [0.1, 0.15) is 32.9 Å². The zero-order valence-corrected chi connectivity index (χ0v) is 16.7. The standard InChI is InChI=1S/C21H27ClFN3O/c1-5-9-16(10-6-2)19-14-21(26-25-19)24-12-11-20(27)15(7-3)13-18(23)17(22)8-4/h5-10,13-14,20,27H,1,11-12H2,2-4H3,(H2,24,25,26)/b10-6-,15-7+,16-9+,17-8+,18-13+. The lowest BCUT2D eigenvalue weighted by Gasteiger charge is -2.12. The highest BCUT2D eigenvalue weighted by molar-refractivity contribution is 6.31. The van der Waals surface area contributed by atoms with E-state index in [-0.39, 0.29) is 5.03 Å². The number of hydrogen-bond donors (Lipinski definition) is 3. The molecular weight excluding hydrogens is 365 g/mol. The Morgan fingerprint density at radius 3 is 2.74 bits per heavy atom. The molecule has 146 valence electrons. The summed E-state index contributed by atoms with van der Waals surface area (Å²) >= 11 is 5.75. The molecule has 1 rings (SSSR count). The normalized spacial score (nSPS) is 15.3. The number of aliphatic hydroxyl groups is 1. The van der Waals surface area contributed by atoms with E-state index in [0.717, 1.165) is 11.3 Å². The number of nitrogens with zero attached hydrogens (tertiary/aromatic N) is 1. The van der Waals surface area contributed by atoms with Crippen molar-refractivity contribution < 1.29 is 9.50 Å². The lowest BCUT2D eigenvalue weighted by molar-refractivity contribution is 0.207. The van der Waals surface area contributed by atoms with Crippen LogP contribution in [0.15, 0.2) is 71.6 Å². The Balaban J connectivity index is 2.67. The van der Waals surface area contributed by atoms with E-state index in [2.05, 4.69) is 22.1 Å².